The molecule has 0 aromatic carbocycles. The number of aliphatic hydroxyl groups is 1. The molecule has 0 aliphatic heterocycles. The number of Topliss-reactive ketones (excluding diaryl/α,β-unsaturated/α-hetero) is 1. The highest BCUT2D eigenvalue weighted by Gasteiger charge is 2.72. The van der Waals surface area contributed by atoms with Gasteiger partial charge < -0.3 is 5.11 Å². The molecular formula is C28H44O2. The summed E-state index contributed by atoms with van der Waals surface area (Å²) in [5.41, 5.74) is 3.07. The molecule has 0 radical (unpaired) electrons. The molecule has 30 heavy (non-hydrogen) atoms. The summed E-state index contributed by atoms with van der Waals surface area (Å²) in [4.78, 5) is 12.8. The molecule has 2 heteroatoms. The molecular weight excluding hydrogens is 368 g/mol. The summed E-state index contributed by atoms with van der Waals surface area (Å²) in [5.74, 6) is 1.21. The number of allylic oxidation sites excluding steroid dienone is 4. The van der Waals surface area contributed by atoms with Crippen LogP contribution in [0.1, 0.15) is 106 Å². The largest absolute Gasteiger partial charge is 0.390 e. The van der Waals surface area contributed by atoms with Gasteiger partial charge in [-0.1, -0.05) is 44.1 Å². The Morgan fingerprint density at radius 1 is 1.00 bits per heavy atom. The molecule has 0 spiro atoms. The van der Waals surface area contributed by atoms with Crippen molar-refractivity contribution in [1.29, 1.82) is 0 Å². The summed E-state index contributed by atoms with van der Waals surface area (Å²) in [6.45, 7) is 16.0. The summed E-state index contributed by atoms with van der Waals surface area (Å²) in [5, 5.41) is 10.9. The molecule has 4 aliphatic carbocycles. The van der Waals surface area contributed by atoms with Gasteiger partial charge in [0.2, 0.25) is 0 Å². The van der Waals surface area contributed by atoms with Gasteiger partial charge in [-0.2, -0.15) is 0 Å². The van der Waals surface area contributed by atoms with Crippen molar-refractivity contribution in [2.24, 2.45) is 33.5 Å². The third kappa shape index (κ3) is 2.61. The summed E-state index contributed by atoms with van der Waals surface area (Å²) < 4.78 is 0. The minimum atomic E-state index is -0.537. The van der Waals surface area contributed by atoms with Crippen molar-refractivity contribution >= 4 is 5.78 Å². The number of rotatable bonds is 2. The fourth-order valence-corrected chi connectivity index (χ4v) is 9.56. The van der Waals surface area contributed by atoms with E-state index in [1.54, 1.807) is 5.57 Å². The lowest BCUT2D eigenvalue weighted by Crippen LogP contribution is -2.62. The topological polar surface area (TPSA) is 37.3 Å². The van der Waals surface area contributed by atoms with E-state index in [-0.39, 0.29) is 27.6 Å². The maximum absolute atomic E-state index is 12.8. The van der Waals surface area contributed by atoms with E-state index in [9.17, 15) is 9.90 Å². The number of carbonyl (C=O) groups excluding carboxylic acids is 1. The van der Waals surface area contributed by atoms with Gasteiger partial charge in [0, 0.05) is 11.3 Å². The molecule has 0 bridgehead atoms. The quantitative estimate of drug-likeness (QED) is 0.495. The van der Waals surface area contributed by atoms with E-state index in [1.807, 2.05) is 13.8 Å². The molecule has 3 saturated carbocycles. The molecule has 4 rings (SSSR count). The predicted molar refractivity (Wildman–Crippen MR) is 124 cm³/mol. The third-order valence-corrected chi connectivity index (χ3v) is 11.2. The van der Waals surface area contributed by atoms with Crippen LogP contribution in [0.5, 0.6) is 0 Å². The van der Waals surface area contributed by atoms with Crippen LogP contribution in [0.2, 0.25) is 0 Å². The molecule has 168 valence electrons. The molecule has 7 atom stereocenters. The van der Waals surface area contributed by atoms with E-state index in [4.69, 9.17) is 0 Å². The monoisotopic (exact) mass is 412 g/mol. The summed E-state index contributed by atoms with van der Waals surface area (Å²) in [6.07, 6.45) is 14.5. The van der Waals surface area contributed by atoms with E-state index in [2.05, 4.69) is 46.8 Å². The maximum atomic E-state index is 12.8. The average molecular weight is 413 g/mol. The molecule has 0 amide bonds. The van der Waals surface area contributed by atoms with Gasteiger partial charge in [0.1, 0.15) is 5.78 Å². The number of fused-ring (bicyclic) bond motifs is 5. The predicted octanol–water partition coefficient (Wildman–Crippen LogP) is 7.02. The number of hydrogen-bond donors (Lipinski definition) is 1. The van der Waals surface area contributed by atoms with Crippen LogP contribution in [0, 0.1) is 33.5 Å². The Morgan fingerprint density at radius 3 is 2.33 bits per heavy atom. The van der Waals surface area contributed by atoms with Crippen molar-refractivity contribution in [3.63, 3.8) is 0 Å². The zero-order valence-electron chi connectivity index (χ0n) is 20.5. The van der Waals surface area contributed by atoms with Crippen LogP contribution in [0.3, 0.4) is 0 Å². The fourth-order valence-electron chi connectivity index (χ4n) is 9.56. The van der Waals surface area contributed by atoms with Crippen molar-refractivity contribution in [1.82, 2.24) is 0 Å². The fraction of sp³-hybridized carbons (Fsp3) is 0.821. The molecule has 0 aromatic rings. The van der Waals surface area contributed by atoms with Crippen LogP contribution in [0.25, 0.3) is 0 Å². The molecule has 0 aromatic heterocycles. The minimum absolute atomic E-state index is 0.0542. The highest BCUT2D eigenvalue weighted by Crippen LogP contribution is 2.78. The van der Waals surface area contributed by atoms with Gasteiger partial charge >= 0.3 is 0 Å². The van der Waals surface area contributed by atoms with E-state index >= 15 is 0 Å². The van der Waals surface area contributed by atoms with Gasteiger partial charge in [0.15, 0.2) is 0 Å². The van der Waals surface area contributed by atoms with Gasteiger partial charge in [-0.3, -0.25) is 4.79 Å². The number of ketones is 1. The van der Waals surface area contributed by atoms with Gasteiger partial charge in [0.25, 0.3) is 0 Å². The molecule has 0 saturated heterocycles. The van der Waals surface area contributed by atoms with Crippen molar-refractivity contribution in [2.75, 3.05) is 0 Å². The van der Waals surface area contributed by atoms with E-state index in [0.717, 1.165) is 51.4 Å². The van der Waals surface area contributed by atoms with Crippen LogP contribution in [-0.2, 0) is 4.79 Å². The van der Waals surface area contributed by atoms with Gasteiger partial charge in [0.05, 0.1) is 5.60 Å². The first kappa shape index (κ1) is 22.3. The third-order valence-electron chi connectivity index (χ3n) is 11.2. The number of carbonyl (C=O) groups is 1. The average Bonchev–Trinajstić information content (AvgIpc) is 2.94. The summed E-state index contributed by atoms with van der Waals surface area (Å²) >= 11 is 0. The van der Waals surface area contributed by atoms with Crippen LogP contribution in [-0.4, -0.2) is 16.5 Å². The van der Waals surface area contributed by atoms with Crippen LogP contribution >= 0.6 is 0 Å². The molecule has 4 aliphatic rings. The standard InChI is InChI=1S/C28H44O2/c1-8-19(2)28-16-11-22(20(3)29)26(28,6)15-12-23-25(5)18-17-24(4,30)13-9-21(25)10-14-27(23,28)7/h8,10,22-23,30H,9,11-18H2,1-7H3/b19-8+/t22-,23?,24+,25+,26-,27-,28?/m1/s1. The van der Waals surface area contributed by atoms with Crippen molar-refractivity contribution in [2.45, 2.75) is 112 Å². The van der Waals surface area contributed by atoms with Crippen LogP contribution < -0.4 is 0 Å². The Morgan fingerprint density at radius 2 is 1.70 bits per heavy atom. The van der Waals surface area contributed by atoms with Crippen LogP contribution in [0.4, 0.5) is 0 Å². The lowest BCUT2D eigenvalue weighted by Gasteiger charge is -2.68. The zero-order chi connectivity index (χ0) is 22.2. The van der Waals surface area contributed by atoms with Crippen molar-refractivity contribution in [3.05, 3.63) is 23.3 Å². The first-order chi connectivity index (χ1) is 13.9. The van der Waals surface area contributed by atoms with Crippen molar-refractivity contribution in [3.8, 4) is 0 Å². The number of hydrogen-bond acceptors (Lipinski definition) is 2. The van der Waals surface area contributed by atoms with Gasteiger partial charge in [-0.15, -0.1) is 0 Å². The van der Waals surface area contributed by atoms with Gasteiger partial charge in [-0.05, 0) is 108 Å². The Labute approximate surface area is 184 Å². The molecule has 2 unspecified atom stereocenters. The summed E-state index contributed by atoms with van der Waals surface area (Å²) in [6, 6.07) is 0. The Bertz CT molecular complexity index is 803. The normalized spacial score (nSPS) is 51.3. The molecule has 2 nitrogen and oxygen atoms in total. The maximum Gasteiger partial charge on any atom is 0.133 e. The van der Waals surface area contributed by atoms with Crippen molar-refractivity contribution < 1.29 is 9.90 Å². The first-order valence-electron chi connectivity index (χ1n) is 12.4. The van der Waals surface area contributed by atoms with E-state index in [0.29, 0.717) is 11.7 Å². The molecule has 3 fully saturated rings. The first-order valence-corrected chi connectivity index (χ1v) is 12.4. The van der Waals surface area contributed by atoms with Crippen LogP contribution in [0.15, 0.2) is 23.3 Å². The Kier molecular flexibility index (Phi) is 5.06. The second kappa shape index (κ2) is 6.80. The smallest absolute Gasteiger partial charge is 0.133 e. The Balaban J connectivity index is 1.88. The molecule has 0 heterocycles. The highest BCUT2D eigenvalue weighted by atomic mass is 16.3. The lowest BCUT2D eigenvalue weighted by molar-refractivity contribution is -0.159. The zero-order valence-corrected chi connectivity index (χ0v) is 20.5. The Hall–Kier alpha value is -0.890. The second-order valence-corrected chi connectivity index (χ2v) is 12.4. The van der Waals surface area contributed by atoms with E-state index < -0.39 is 5.60 Å². The second-order valence-electron chi connectivity index (χ2n) is 12.4. The van der Waals surface area contributed by atoms with E-state index in [1.165, 1.54) is 12.0 Å². The lowest BCUT2D eigenvalue weighted by atomic mass is 9.35. The SMILES string of the molecule is C/C=C(\C)C12CC[C@H](C(C)=O)[C@@]1(C)CCC1[C@@]3(C)CC[C@@](C)(O)CCC3=CC[C@]12C. The minimum Gasteiger partial charge on any atom is -0.390 e. The summed E-state index contributed by atoms with van der Waals surface area (Å²) in [7, 11) is 0. The molecule has 1 N–H and O–H groups in total. The highest BCUT2D eigenvalue weighted by molar-refractivity contribution is 5.80. The van der Waals surface area contributed by atoms with Gasteiger partial charge in [-0.25, -0.2) is 0 Å².